The molecular weight excluding hydrogens is 136 g/mol. The highest BCUT2D eigenvalue weighted by molar-refractivity contribution is 4.76. The molecule has 0 aromatic rings. The van der Waals surface area contributed by atoms with Crippen LogP contribution in [-0.4, -0.2) is 11.7 Å². The third-order valence-electron chi connectivity index (χ3n) is 1.87. The summed E-state index contributed by atoms with van der Waals surface area (Å²) < 4.78 is 0. The largest absolute Gasteiger partial charge is 0.396 e. The van der Waals surface area contributed by atoms with Crippen molar-refractivity contribution in [3.63, 3.8) is 0 Å². The lowest BCUT2D eigenvalue weighted by atomic mass is 10.0. The monoisotopic (exact) mass is 156 g/mol. The van der Waals surface area contributed by atoms with Gasteiger partial charge in [0.1, 0.15) is 0 Å². The molecule has 0 spiro atoms. The Hall–Kier alpha value is -0.300. The van der Waals surface area contributed by atoms with Crippen LogP contribution in [0.3, 0.4) is 0 Å². The molecule has 66 valence electrons. The van der Waals surface area contributed by atoms with Crippen LogP contribution >= 0.6 is 0 Å². The van der Waals surface area contributed by atoms with Crippen molar-refractivity contribution in [3.8, 4) is 0 Å². The Morgan fingerprint density at radius 1 is 1.36 bits per heavy atom. The van der Waals surface area contributed by atoms with Crippen LogP contribution in [-0.2, 0) is 0 Å². The second-order valence-corrected chi connectivity index (χ2v) is 3.14. The standard InChI is InChI=1S/C10H20O/c1-3-4-5-6-7-8-10(2)9-11/h3-4,10-11H,5-9H2,1-2H3. The lowest BCUT2D eigenvalue weighted by Crippen LogP contribution is -1.99. The number of allylic oxidation sites excluding steroid dienone is 2. The fraction of sp³-hybridized carbons (Fsp3) is 0.800. The smallest absolute Gasteiger partial charge is 0.0456 e. The Morgan fingerprint density at radius 3 is 2.64 bits per heavy atom. The van der Waals surface area contributed by atoms with Crippen LogP contribution in [0.15, 0.2) is 12.2 Å². The van der Waals surface area contributed by atoms with Crippen LogP contribution in [0.1, 0.15) is 39.5 Å². The molecule has 1 unspecified atom stereocenters. The van der Waals surface area contributed by atoms with Crippen molar-refractivity contribution in [3.05, 3.63) is 12.2 Å². The van der Waals surface area contributed by atoms with Gasteiger partial charge in [0, 0.05) is 6.61 Å². The summed E-state index contributed by atoms with van der Waals surface area (Å²) in [5.41, 5.74) is 0. The van der Waals surface area contributed by atoms with Gasteiger partial charge in [0.05, 0.1) is 0 Å². The minimum Gasteiger partial charge on any atom is -0.396 e. The van der Waals surface area contributed by atoms with Gasteiger partial charge in [-0.2, -0.15) is 0 Å². The van der Waals surface area contributed by atoms with Gasteiger partial charge in [-0.15, -0.1) is 0 Å². The van der Waals surface area contributed by atoms with E-state index in [4.69, 9.17) is 5.11 Å². The molecule has 1 heteroatoms. The molecule has 0 amide bonds. The van der Waals surface area contributed by atoms with Crippen LogP contribution < -0.4 is 0 Å². The molecule has 0 saturated heterocycles. The van der Waals surface area contributed by atoms with Crippen molar-refractivity contribution in [1.82, 2.24) is 0 Å². The SMILES string of the molecule is CC=CCCCCC(C)CO. The Morgan fingerprint density at radius 2 is 2.09 bits per heavy atom. The molecule has 1 N–H and O–H groups in total. The van der Waals surface area contributed by atoms with E-state index < -0.39 is 0 Å². The first-order valence-corrected chi connectivity index (χ1v) is 4.53. The van der Waals surface area contributed by atoms with Crippen molar-refractivity contribution in [2.24, 2.45) is 5.92 Å². The molecule has 1 nitrogen and oxygen atoms in total. The van der Waals surface area contributed by atoms with Gasteiger partial charge in [-0.25, -0.2) is 0 Å². The van der Waals surface area contributed by atoms with Gasteiger partial charge >= 0.3 is 0 Å². The summed E-state index contributed by atoms with van der Waals surface area (Å²) in [5.74, 6) is 0.487. The lowest BCUT2D eigenvalue weighted by Gasteiger charge is -2.05. The average molecular weight is 156 g/mol. The number of aliphatic hydroxyl groups is 1. The summed E-state index contributed by atoms with van der Waals surface area (Å²) in [6.07, 6.45) is 9.14. The number of aliphatic hydroxyl groups excluding tert-OH is 1. The maximum atomic E-state index is 8.72. The van der Waals surface area contributed by atoms with Crippen LogP contribution in [0, 0.1) is 5.92 Å². The summed E-state index contributed by atoms with van der Waals surface area (Å²) in [7, 11) is 0. The predicted octanol–water partition coefficient (Wildman–Crippen LogP) is 2.75. The van der Waals surface area contributed by atoms with E-state index in [9.17, 15) is 0 Å². The summed E-state index contributed by atoms with van der Waals surface area (Å²) in [4.78, 5) is 0. The van der Waals surface area contributed by atoms with Crippen molar-refractivity contribution in [1.29, 1.82) is 0 Å². The zero-order chi connectivity index (χ0) is 8.53. The molecule has 0 aliphatic rings. The molecule has 0 heterocycles. The summed E-state index contributed by atoms with van der Waals surface area (Å²) in [6, 6.07) is 0. The molecule has 0 aliphatic heterocycles. The quantitative estimate of drug-likeness (QED) is 0.463. The van der Waals surface area contributed by atoms with Gasteiger partial charge in [0.2, 0.25) is 0 Å². The van der Waals surface area contributed by atoms with Crippen LogP contribution in [0.2, 0.25) is 0 Å². The molecule has 0 saturated carbocycles. The van der Waals surface area contributed by atoms with E-state index in [1.165, 1.54) is 19.3 Å². The number of hydrogen-bond donors (Lipinski definition) is 1. The van der Waals surface area contributed by atoms with Crippen LogP contribution in [0.4, 0.5) is 0 Å². The first-order chi connectivity index (χ1) is 5.31. The predicted molar refractivity (Wildman–Crippen MR) is 49.5 cm³/mol. The normalized spacial score (nSPS) is 14.1. The third-order valence-corrected chi connectivity index (χ3v) is 1.87. The van der Waals surface area contributed by atoms with Crippen molar-refractivity contribution in [2.45, 2.75) is 39.5 Å². The van der Waals surface area contributed by atoms with E-state index in [2.05, 4.69) is 26.0 Å². The number of hydrogen-bond acceptors (Lipinski definition) is 1. The third kappa shape index (κ3) is 7.60. The Bertz CT molecular complexity index is 97.0. The molecule has 11 heavy (non-hydrogen) atoms. The number of unbranched alkanes of at least 4 members (excludes halogenated alkanes) is 2. The van der Waals surface area contributed by atoms with E-state index in [0.29, 0.717) is 12.5 Å². The molecule has 0 aliphatic carbocycles. The van der Waals surface area contributed by atoms with Crippen molar-refractivity contribution < 1.29 is 5.11 Å². The summed E-state index contributed by atoms with van der Waals surface area (Å²) in [6.45, 7) is 4.48. The molecule has 0 fully saturated rings. The number of rotatable bonds is 6. The van der Waals surface area contributed by atoms with Crippen molar-refractivity contribution in [2.75, 3.05) is 6.61 Å². The van der Waals surface area contributed by atoms with E-state index in [1.807, 2.05) is 0 Å². The van der Waals surface area contributed by atoms with Gasteiger partial charge in [0.25, 0.3) is 0 Å². The van der Waals surface area contributed by atoms with E-state index in [0.717, 1.165) is 6.42 Å². The molecule has 0 aromatic carbocycles. The lowest BCUT2D eigenvalue weighted by molar-refractivity contribution is 0.227. The van der Waals surface area contributed by atoms with Crippen molar-refractivity contribution >= 4 is 0 Å². The zero-order valence-electron chi connectivity index (χ0n) is 7.71. The minimum absolute atomic E-state index is 0.337. The van der Waals surface area contributed by atoms with Gasteiger partial charge in [0.15, 0.2) is 0 Å². The Kier molecular flexibility index (Phi) is 7.59. The highest BCUT2D eigenvalue weighted by atomic mass is 16.3. The molecule has 1 atom stereocenters. The van der Waals surface area contributed by atoms with E-state index in [-0.39, 0.29) is 0 Å². The molecule has 0 radical (unpaired) electrons. The molecule has 0 bridgehead atoms. The topological polar surface area (TPSA) is 20.2 Å². The summed E-state index contributed by atoms with van der Waals surface area (Å²) in [5, 5.41) is 8.72. The maximum absolute atomic E-state index is 8.72. The Labute approximate surface area is 70.1 Å². The van der Waals surface area contributed by atoms with Gasteiger partial charge < -0.3 is 5.11 Å². The average Bonchev–Trinajstić information content (AvgIpc) is 2.04. The van der Waals surface area contributed by atoms with E-state index in [1.54, 1.807) is 0 Å². The van der Waals surface area contributed by atoms with Gasteiger partial charge in [-0.1, -0.05) is 25.5 Å². The highest BCUT2D eigenvalue weighted by Gasteiger charge is 1.97. The highest BCUT2D eigenvalue weighted by Crippen LogP contribution is 2.08. The van der Waals surface area contributed by atoms with Gasteiger partial charge in [-0.05, 0) is 32.1 Å². The van der Waals surface area contributed by atoms with Gasteiger partial charge in [-0.3, -0.25) is 0 Å². The Balaban J connectivity index is 3.01. The van der Waals surface area contributed by atoms with Crippen LogP contribution in [0.25, 0.3) is 0 Å². The fourth-order valence-electron chi connectivity index (χ4n) is 1.01. The molecular formula is C10H20O. The van der Waals surface area contributed by atoms with E-state index >= 15 is 0 Å². The zero-order valence-corrected chi connectivity index (χ0v) is 7.71. The second-order valence-electron chi connectivity index (χ2n) is 3.14. The first kappa shape index (κ1) is 10.7. The van der Waals surface area contributed by atoms with Crippen LogP contribution in [0.5, 0.6) is 0 Å². The second kappa shape index (κ2) is 7.80. The fourth-order valence-corrected chi connectivity index (χ4v) is 1.01. The maximum Gasteiger partial charge on any atom is 0.0456 e. The summed E-state index contributed by atoms with van der Waals surface area (Å²) >= 11 is 0. The molecule has 0 aromatic heterocycles. The first-order valence-electron chi connectivity index (χ1n) is 4.53. The minimum atomic E-state index is 0.337. The molecule has 0 rings (SSSR count).